The third-order valence-corrected chi connectivity index (χ3v) is 9.84. The van der Waals surface area contributed by atoms with Gasteiger partial charge in [0.05, 0.1) is 73.7 Å². The minimum absolute atomic E-state index is 0.0239. The first kappa shape index (κ1) is 36.6. The Morgan fingerprint density at radius 1 is 0.740 bits per heavy atom. The van der Waals surface area contributed by atoms with Gasteiger partial charge in [0.2, 0.25) is 17.8 Å². The van der Waals surface area contributed by atoms with Gasteiger partial charge in [-0.15, -0.1) is 0 Å². The zero-order valence-corrected chi connectivity index (χ0v) is 27.9. The first-order chi connectivity index (χ1) is 24.0. The zero-order valence-electron chi connectivity index (χ0n) is 27.9. The predicted octanol–water partition coefficient (Wildman–Crippen LogP) is -0.855. The zero-order chi connectivity index (χ0) is 35.9. The number of hydrogen-bond donors (Lipinski definition) is 7. The summed E-state index contributed by atoms with van der Waals surface area (Å²) in [7, 11) is 5.73. The lowest BCUT2D eigenvalue weighted by Crippen LogP contribution is -2.62. The van der Waals surface area contributed by atoms with Crippen molar-refractivity contribution in [2.24, 2.45) is 11.8 Å². The number of aliphatic hydroxyl groups is 6. The van der Waals surface area contributed by atoms with Crippen LogP contribution in [0.5, 0.6) is 34.5 Å². The molecule has 4 fully saturated rings. The maximum absolute atomic E-state index is 11.0. The van der Waals surface area contributed by atoms with E-state index in [9.17, 15) is 35.7 Å². The Kier molecular flexibility index (Phi) is 10.8. The Hall–Kier alpha value is -3.20. The molecule has 6 rings (SSSR count). The Labute approximate surface area is 287 Å². The van der Waals surface area contributed by atoms with Crippen molar-refractivity contribution in [1.29, 1.82) is 0 Å². The minimum Gasteiger partial charge on any atom is -0.502 e. The predicted molar refractivity (Wildman–Crippen MR) is 166 cm³/mol. The summed E-state index contributed by atoms with van der Waals surface area (Å²) in [6, 6.07) is 6.82. The van der Waals surface area contributed by atoms with Crippen LogP contribution in [-0.2, 0) is 23.7 Å². The monoisotopic (exact) mass is 712 g/mol. The van der Waals surface area contributed by atoms with Crippen molar-refractivity contribution in [3.05, 3.63) is 35.4 Å². The molecule has 0 spiro atoms. The molecule has 0 amide bonds. The third kappa shape index (κ3) is 6.41. The van der Waals surface area contributed by atoms with Gasteiger partial charge < -0.3 is 83.1 Å². The normalized spacial score (nSPS) is 36.6. The van der Waals surface area contributed by atoms with Crippen molar-refractivity contribution in [3.8, 4) is 34.5 Å². The van der Waals surface area contributed by atoms with Crippen LogP contribution >= 0.6 is 0 Å². The van der Waals surface area contributed by atoms with Gasteiger partial charge >= 0.3 is 0 Å². The number of fused-ring (bicyclic) bond motifs is 1. The molecule has 50 heavy (non-hydrogen) atoms. The van der Waals surface area contributed by atoms with Crippen LogP contribution in [0.4, 0.5) is 0 Å². The van der Waals surface area contributed by atoms with Crippen molar-refractivity contribution in [1.82, 2.24) is 0 Å². The van der Waals surface area contributed by atoms with Crippen molar-refractivity contribution in [3.63, 3.8) is 0 Å². The number of benzene rings is 2. The number of phenolic OH excluding ortho intramolecular Hbond substituents is 1. The molecule has 7 N–H and O–H groups in total. The van der Waals surface area contributed by atoms with E-state index in [1.54, 1.807) is 24.3 Å². The molecule has 0 aromatic heterocycles. The Morgan fingerprint density at radius 3 is 1.72 bits per heavy atom. The number of phenols is 1. The van der Waals surface area contributed by atoms with Crippen LogP contribution in [-0.4, -0.2) is 146 Å². The topological polar surface area (TPSA) is 234 Å². The van der Waals surface area contributed by atoms with Crippen LogP contribution in [0.2, 0.25) is 0 Å². The molecule has 0 bridgehead atoms. The molecule has 0 unspecified atom stereocenters. The third-order valence-electron chi connectivity index (χ3n) is 9.84. The Bertz CT molecular complexity index is 1440. The summed E-state index contributed by atoms with van der Waals surface area (Å²) in [5.41, 5.74) is -0.567. The van der Waals surface area contributed by atoms with E-state index in [0.717, 1.165) is 5.56 Å². The van der Waals surface area contributed by atoms with Gasteiger partial charge in [-0.05, 0) is 35.4 Å². The molecule has 12 atom stereocenters. The molecule has 2 aromatic carbocycles. The van der Waals surface area contributed by atoms with Crippen LogP contribution in [0.15, 0.2) is 24.3 Å². The van der Waals surface area contributed by atoms with E-state index in [-0.39, 0.29) is 52.4 Å². The van der Waals surface area contributed by atoms with E-state index in [2.05, 4.69) is 0 Å². The number of methoxy groups -OCH3 is 4. The van der Waals surface area contributed by atoms with Crippen LogP contribution in [0, 0.1) is 11.8 Å². The van der Waals surface area contributed by atoms with Crippen molar-refractivity contribution < 1.29 is 83.1 Å². The Morgan fingerprint density at radius 2 is 1.26 bits per heavy atom. The van der Waals surface area contributed by atoms with Gasteiger partial charge in [-0.1, -0.05) is 0 Å². The second kappa shape index (κ2) is 14.8. The highest BCUT2D eigenvalue weighted by Gasteiger charge is 2.54. The fourth-order valence-electron chi connectivity index (χ4n) is 6.97. The minimum atomic E-state index is -2.02. The molecule has 2 aromatic rings. The lowest BCUT2D eigenvalue weighted by atomic mass is 9.84. The van der Waals surface area contributed by atoms with Gasteiger partial charge in [0, 0.05) is 11.8 Å². The first-order valence-electron chi connectivity index (χ1n) is 16.0. The number of rotatable bonds is 12. The Balaban J connectivity index is 1.26. The first-order valence-corrected chi connectivity index (χ1v) is 16.0. The van der Waals surface area contributed by atoms with Crippen LogP contribution in [0.3, 0.4) is 0 Å². The van der Waals surface area contributed by atoms with E-state index in [4.69, 9.17) is 47.4 Å². The fraction of sp³-hybridized carbons (Fsp3) is 0.636. The average Bonchev–Trinajstić information content (AvgIpc) is 3.82. The highest BCUT2D eigenvalue weighted by atomic mass is 16.8. The molecule has 0 saturated carbocycles. The molecule has 17 nitrogen and oxygen atoms in total. The molecule has 0 radical (unpaired) electrons. The smallest absolute Gasteiger partial charge is 0.230 e. The van der Waals surface area contributed by atoms with Crippen molar-refractivity contribution in [2.75, 3.05) is 61.5 Å². The standard InChI is InChI=1S/C33H44O17/c1-41-18-5-14(6-19(42-2)23(18)36)26-16-10-46-27(17(16)11-45-26)15-7-20(43-3)28(21(8-15)44-4)49-31-29(25(38)24(37)22(9-34)48-31)50-32-30(39)33(40,12-35)13-47-32/h5-8,16-17,22,24-27,29-32,34-40H,9-13H2,1-4H3/t16-,17-,22-,24-,25+,26-,27+,29-,30+,31+,32+,33-/m1/s1. The number of hydrogen-bond acceptors (Lipinski definition) is 17. The summed E-state index contributed by atoms with van der Waals surface area (Å²) in [6.45, 7) is -1.24. The maximum atomic E-state index is 11.0. The largest absolute Gasteiger partial charge is 0.502 e. The quantitative estimate of drug-likeness (QED) is 0.142. The van der Waals surface area contributed by atoms with E-state index >= 15 is 0 Å². The highest BCUT2D eigenvalue weighted by molar-refractivity contribution is 5.55. The average molecular weight is 713 g/mol. The van der Waals surface area contributed by atoms with E-state index < -0.39 is 74.6 Å². The number of aromatic hydroxyl groups is 1. The lowest BCUT2D eigenvalue weighted by molar-refractivity contribution is -0.319. The second-order valence-electron chi connectivity index (χ2n) is 12.7. The van der Waals surface area contributed by atoms with Crippen LogP contribution < -0.4 is 23.7 Å². The molecule has 278 valence electrons. The summed E-state index contributed by atoms with van der Waals surface area (Å²) in [4.78, 5) is 0. The molecule has 4 aliphatic heterocycles. The lowest BCUT2D eigenvalue weighted by Gasteiger charge is -2.42. The summed E-state index contributed by atoms with van der Waals surface area (Å²) in [5.74, 6) is 0.665. The maximum Gasteiger partial charge on any atom is 0.230 e. The van der Waals surface area contributed by atoms with Gasteiger partial charge in [0.1, 0.15) is 30.0 Å². The molecule has 0 aliphatic carbocycles. The van der Waals surface area contributed by atoms with E-state index in [0.29, 0.717) is 18.8 Å². The fourth-order valence-corrected chi connectivity index (χ4v) is 6.97. The molecular weight excluding hydrogens is 668 g/mol. The van der Waals surface area contributed by atoms with Crippen molar-refractivity contribution in [2.45, 2.75) is 60.9 Å². The number of ether oxygens (including phenoxy) is 10. The SMILES string of the molecule is COc1cc([C@H]2OC[C@@H]3[C@H]2CO[C@H]3c2cc(OC)c(O[C@@H]3O[C@H](CO)[C@@H](O)[C@H](O)[C@H]3O[C@@H]3OC[C@](O)(CO)[C@H]3O)c(OC)c2)cc(OC)c1O. The molecular formula is C33H44O17. The molecule has 17 heteroatoms. The molecule has 4 aliphatic rings. The van der Waals surface area contributed by atoms with E-state index in [1.165, 1.54) is 28.4 Å². The summed E-state index contributed by atoms with van der Waals surface area (Å²) >= 11 is 0. The molecule has 4 heterocycles. The number of aliphatic hydroxyl groups excluding tert-OH is 5. The van der Waals surface area contributed by atoms with Gasteiger partial charge in [-0.3, -0.25) is 0 Å². The van der Waals surface area contributed by atoms with Crippen LogP contribution in [0.25, 0.3) is 0 Å². The van der Waals surface area contributed by atoms with Gasteiger partial charge in [0.25, 0.3) is 0 Å². The van der Waals surface area contributed by atoms with Crippen molar-refractivity contribution >= 4 is 0 Å². The van der Waals surface area contributed by atoms with Gasteiger partial charge in [-0.2, -0.15) is 0 Å². The summed E-state index contributed by atoms with van der Waals surface area (Å²) < 4.78 is 57.7. The highest BCUT2D eigenvalue weighted by Crippen LogP contribution is 2.54. The summed E-state index contributed by atoms with van der Waals surface area (Å²) in [5, 5.41) is 72.4. The van der Waals surface area contributed by atoms with Gasteiger partial charge in [-0.25, -0.2) is 0 Å². The second-order valence-corrected chi connectivity index (χ2v) is 12.7. The summed E-state index contributed by atoms with van der Waals surface area (Å²) in [6.07, 6.45) is -11.8. The van der Waals surface area contributed by atoms with Gasteiger partial charge in [0.15, 0.2) is 35.4 Å². The van der Waals surface area contributed by atoms with E-state index in [1.807, 2.05) is 0 Å². The van der Waals surface area contributed by atoms with Crippen LogP contribution in [0.1, 0.15) is 23.3 Å². The molecule has 4 saturated heterocycles.